The molecule has 4 rings (SSSR count). The van der Waals surface area contributed by atoms with Gasteiger partial charge in [-0.1, -0.05) is 41.9 Å². The van der Waals surface area contributed by atoms with Crippen molar-refractivity contribution in [2.75, 3.05) is 49.0 Å². The molecular weight excluding hydrogens is 486 g/mol. The molecule has 0 spiro atoms. The Balaban J connectivity index is 1.56. The lowest BCUT2D eigenvalue weighted by atomic mass is 10.2. The first-order valence-electron chi connectivity index (χ1n) is 11.3. The summed E-state index contributed by atoms with van der Waals surface area (Å²) in [7, 11) is -2.64. The van der Waals surface area contributed by atoms with E-state index in [4.69, 9.17) is 16.3 Å². The number of hydrogen-bond acceptors (Lipinski definition) is 5. The van der Waals surface area contributed by atoms with Gasteiger partial charge in [-0.3, -0.25) is 9.10 Å². The molecular formula is C26H28ClN3O4S. The molecule has 184 valence electrons. The Morgan fingerprint density at radius 2 is 1.69 bits per heavy atom. The van der Waals surface area contributed by atoms with Gasteiger partial charge in [-0.15, -0.1) is 0 Å². The molecule has 0 aliphatic carbocycles. The molecule has 1 saturated heterocycles. The van der Waals surface area contributed by atoms with Crippen LogP contribution in [-0.2, 0) is 14.8 Å². The van der Waals surface area contributed by atoms with E-state index in [9.17, 15) is 13.2 Å². The fraction of sp³-hybridized carbons (Fsp3) is 0.269. The molecule has 0 bridgehead atoms. The van der Waals surface area contributed by atoms with Crippen LogP contribution in [0.25, 0.3) is 0 Å². The summed E-state index contributed by atoms with van der Waals surface area (Å²) in [6.07, 6.45) is 0. The maximum absolute atomic E-state index is 13.8. The number of nitrogens with zero attached hydrogens (tertiary/aromatic N) is 3. The van der Waals surface area contributed by atoms with Crippen molar-refractivity contribution in [1.82, 2.24) is 4.90 Å². The summed E-state index contributed by atoms with van der Waals surface area (Å²) in [5.41, 5.74) is 2.20. The minimum absolute atomic E-state index is 0.0300. The van der Waals surface area contributed by atoms with Crippen LogP contribution in [0, 0.1) is 6.92 Å². The molecule has 1 aliphatic rings. The van der Waals surface area contributed by atoms with Crippen LogP contribution in [0.3, 0.4) is 0 Å². The Kier molecular flexibility index (Phi) is 7.52. The minimum Gasteiger partial charge on any atom is -0.495 e. The number of ether oxygens (including phenoxy) is 1. The van der Waals surface area contributed by atoms with E-state index in [2.05, 4.69) is 4.90 Å². The number of anilines is 2. The molecule has 0 radical (unpaired) electrons. The predicted molar refractivity (Wildman–Crippen MR) is 139 cm³/mol. The molecule has 9 heteroatoms. The number of piperazine rings is 1. The van der Waals surface area contributed by atoms with E-state index in [0.29, 0.717) is 36.9 Å². The number of para-hydroxylation sites is 1. The summed E-state index contributed by atoms with van der Waals surface area (Å²) in [6.45, 7) is 3.76. The van der Waals surface area contributed by atoms with Gasteiger partial charge in [0.15, 0.2) is 0 Å². The van der Waals surface area contributed by atoms with E-state index in [1.54, 1.807) is 53.4 Å². The molecule has 35 heavy (non-hydrogen) atoms. The highest BCUT2D eigenvalue weighted by atomic mass is 35.5. The molecule has 1 aliphatic heterocycles. The molecule has 0 N–H and O–H groups in total. The molecule has 3 aromatic rings. The monoisotopic (exact) mass is 513 g/mol. The number of hydrogen-bond donors (Lipinski definition) is 0. The highest BCUT2D eigenvalue weighted by Crippen LogP contribution is 2.31. The molecule has 0 aromatic heterocycles. The van der Waals surface area contributed by atoms with Gasteiger partial charge in [0, 0.05) is 36.9 Å². The van der Waals surface area contributed by atoms with Crippen LogP contribution in [0.5, 0.6) is 5.75 Å². The second-order valence-electron chi connectivity index (χ2n) is 8.35. The van der Waals surface area contributed by atoms with Crippen LogP contribution in [0.15, 0.2) is 77.7 Å². The van der Waals surface area contributed by atoms with Crippen molar-refractivity contribution in [3.63, 3.8) is 0 Å². The smallest absolute Gasteiger partial charge is 0.268 e. The molecule has 0 atom stereocenters. The van der Waals surface area contributed by atoms with Crippen molar-refractivity contribution in [2.45, 2.75) is 11.8 Å². The summed E-state index contributed by atoms with van der Waals surface area (Å²) >= 11 is 6.12. The number of methoxy groups -OCH3 is 1. The number of amides is 1. The fourth-order valence-electron chi connectivity index (χ4n) is 4.12. The van der Waals surface area contributed by atoms with Crippen molar-refractivity contribution >= 4 is 38.9 Å². The Labute approximate surface area is 211 Å². The van der Waals surface area contributed by atoms with E-state index >= 15 is 0 Å². The van der Waals surface area contributed by atoms with Gasteiger partial charge in [-0.2, -0.15) is 0 Å². The molecule has 3 aromatic carbocycles. The lowest BCUT2D eigenvalue weighted by Gasteiger charge is -2.37. The third-order valence-corrected chi connectivity index (χ3v) is 8.05. The van der Waals surface area contributed by atoms with Gasteiger partial charge < -0.3 is 14.5 Å². The number of benzene rings is 3. The van der Waals surface area contributed by atoms with Crippen LogP contribution in [0.1, 0.15) is 5.56 Å². The zero-order valence-electron chi connectivity index (χ0n) is 19.7. The SMILES string of the molecule is COc1ccc(C)cc1S(=O)(=O)N(CC(=O)N1CCN(c2cccc(Cl)c2)CC1)c1ccccc1. The standard InChI is InChI=1S/C26H28ClN3O4S/c1-20-11-12-24(34-2)25(17-20)35(32,33)30(22-8-4-3-5-9-22)19-26(31)29-15-13-28(14-16-29)23-10-6-7-21(27)18-23/h3-12,17-18H,13-16,19H2,1-2H3. The number of aryl methyl sites for hydroxylation is 1. The minimum atomic E-state index is -4.08. The van der Waals surface area contributed by atoms with Gasteiger partial charge in [0.05, 0.1) is 12.8 Å². The van der Waals surface area contributed by atoms with E-state index in [1.165, 1.54) is 7.11 Å². The van der Waals surface area contributed by atoms with Gasteiger partial charge in [-0.25, -0.2) is 8.42 Å². The molecule has 1 heterocycles. The number of carbonyl (C=O) groups is 1. The second kappa shape index (κ2) is 10.6. The van der Waals surface area contributed by atoms with Gasteiger partial charge in [0.2, 0.25) is 5.91 Å². The Bertz CT molecular complexity index is 1290. The van der Waals surface area contributed by atoms with Crippen molar-refractivity contribution < 1.29 is 17.9 Å². The van der Waals surface area contributed by atoms with Crippen molar-refractivity contribution in [3.05, 3.63) is 83.4 Å². The number of sulfonamides is 1. The first-order valence-corrected chi connectivity index (χ1v) is 13.1. The lowest BCUT2D eigenvalue weighted by Crippen LogP contribution is -2.52. The van der Waals surface area contributed by atoms with Crippen LogP contribution in [-0.4, -0.2) is 59.1 Å². The fourth-order valence-corrected chi connectivity index (χ4v) is 5.97. The first kappa shape index (κ1) is 24.9. The zero-order valence-corrected chi connectivity index (χ0v) is 21.3. The Hall–Kier alpha value is -3.23. The molecule has 0 saturated carbocycles. The quantitative estimate of drug-likeness (QED) is 0.473. The van der Waals surface area contributed by atoms with Gasteiger partial charge in [-0.05, 0) is 55.0 Å². The normalized spacial score (nSPS) is 14.0. The molecule has 1 fully saturated rings. The summed E-state index contributed by atoms with van der Waals surface area (Å²) in [6, 6.07) is 21.3. The van der Waals surface area contributed by atoms with Crippen LogP contribution >= 0.6 is 11.6 Å². The first-order chi connectivity index (χ1) is 16.8. The van der Waals surface area contributed by atoms with Crippen LogP contribution in [0.4, 0.5) is 11.4 Å². The predicted octanol–water partition coefficient (Wildman–Crippen LogP) is 4.20. The molecule has 0 unspecified atom stereocenters. The summed E-state index contributed by atoms with van der Waals surface area (Å²) in [4.78, 5) is 17.2. The van der Waals surface area contributed by atoms with E-state index < -0.39 is 10.0 Å². The Morgan fingerprint density at radius 1 is 0.971 bits per heavy atom. The van der Waals surface area contributed by atoms with Crippen LogP contribution < -0.4 is 13.9 Å². The maximum atomic E-state index is 13.8. The zero-order chi connectivity index (χ0) is 25.0. The number of halogens is 1. The maximum Gasteiger partial charge on any atom is 0.268 e. The lowest BCUT2D eigenvalue weighted by molar-refractivity contribution is -0.129. The van der Waals surface area contributed by atoms with Crippen molar-refractivity contribution in [3.8, 4) is 5.75 Å². The van der Waals surface area contributed by atoms with Gasteiger partial charge >= 0.3 is 0 Å². The summed E-state index contributed by atoms with van der Waals surface area (Å²) < 4.78 is 34.1. The highest BCUT2D eigenvalue weighted by Gasteiger charge is 2.32. The van der Waals surface area contributed by atoms with Crippen LogP contribution in [0.2, 0.25) is 5.02 Å². The second-order valence-corrected chi connectivity index (χ2v) is 10.6. The Morgan fingerprint density at radius 3 is 2.34 bits per heavy atom. The van der Waals surface area contributed by atoms with Crippen molar-refractivity contribution in [2.24, 2.45) is 0 Å². The van der Waals surface area contributed by atoms with Gasteiger partial charge in [0.1, 0.15) is 17.2 Å². The average molecular weight is 514 g/mol. The molecule has 1 amide bonds. The van der Waals surface area contributed by atoms with E-state index in [1.807, 2.05) is 31.2 Å². The highest BCUT2D eigenvalue weighted by molar-refractivity contribution is 7.93. The average Bonchev–Trinajstić information content (AvgIpc) is 2.87. The van der Waals surface area contributed by atoms with Crippen molar-refractivity contribution in [1.29, 1.82) is 0 Å². The molecule has 7 nitrogen and oxygen atoms in total. The number of carbonyl (C=O) groups excluding carboxylic acids is 1. The topological polar surface area (TPSA) is 70.2 Å². The van der Waals surface area contributed by atoms with Gasteiger partial charge in [0.25, 0.3) is 10.0 Å². The van der Waals surface area contributed by atoms with E-state index in [-0.39, 0.29) is 23.1 Å². The van der Waals surface area contributed by atoms with E-state index in [0.717, 1.165) is 15.6 Å². The summed E-state index contributed by atoms with van der Waals surface area (Å²) in [5.74, 6) is -0.0195. The third kappa shape index (κ3) is 5.55. The largest absolute Gasteiger partial charge is 0.495 e. The number of rotatable bonds is 7. The third-order valence-electron chi connectivity index (χ3n) is 6.02. The summed E-state index contributed by atoms with van der Waals surface area (Å²) in [5, 5.41) is 0.663.